The van der Waals surface area contributed by atoms with Gasteiger partial charge in [0.25, 0.3) is 0 Å². The van der Waals surface area contributed by atoms with Crippen molar-refractivity contribution >= 4 is 17.7 Å². The predicted octanol–water partition coefficient (Wildman–Crippen LogP) is 2.78. The fourth-order valence-electron chi connectivity index (χ4n) is 1.70. The van der Waals surface area contributed by atoms with Crippen LogP contribution in [0, 0.1) is 0 Å². The third-order valence-electron chi connectivity index (χ3n) is 2.66. The standard InChI is InChI=1S/C14H20N2O3/c1-4-5-10(2)15-14(18)16-12-8-6-11(7-9-12)13(17)19-3/h6-10H,4-5H2,1-3H3,(H2,15,16,18)/t10-/m0/s1. The average molecular weight is 264 g/mol. The summed E-state index contributed by atoms with van der Waals surface area (Å²) in [6.07, 6.45) is 1.96. The van der Waals surface area contributed by atoms with Crippen LogP contribution in [0.3, 0.4) is 0 Å². The highest BCUT2D eigenvalue weighted by molar-refractivity contribution is 5.92. The Morgan fingerprint density at radius 2 is 1.89 bits per heavy atom. The van der Waals surface area contributed by atoms with Gasteiger partial charge in [-0.25, -0.2) is 9.59 Å². The summed E-state index contributed by atoms with van der Waals surface area (Å²) in [5.41, 5.74) is 1.08. The molecule has 5 heteroatoms. The number of carbonyl (C=O) groups is 2. The van der Waals surface area contributed by atoms with Crippen LogP contribution in [0.25, 0.3) is 0 Å². The molecule has 0 aromatic heterocycles. The van der Waals surface area contributed by atoms with Gasteiger partial charge in [0.05, 0.1) is 12.7 Å². The number of esters is 1. The van der Waals surface area contributed by atoms with Gasteiger partial charge < -0.3 is 15.4 Å². The number of anilines is 1. The van der Waals surface area contributed by atoms with E-state index in [0.717, 1.165) is 12.8 Å². The summed E-state index contributed by atoms with van der Waals surface area (Å²) in [6, 6.07) is 6.44. The third-order valence-corrected chi connectivity index (χ3v) is 2.66. The van der Waals surface area contributed by atoms with Gasteiger partial charge in [0.2, 0.25) is 0 Å². The number of rotatable bonds is 5. The normalized spacial score (nSPS) is 11.5. The topological polar surface area (TPSA) is 67.4 Å². The lowest BCUT2D eigenvalue weighted by Gasteiger charge is -2.13. The molecule has 0 unspecified atom stereocenters. The van der Waals surface area contributed by atoms with E-state index < -0.39 is 5.97 Å². The van der Waals surface area contributed by atoms with E-state index in [0.29, 0.717) is 11.3 Å². The maximum atomic E-state index is 11.7. The third kappa shape index (κ3) is 4.99. The van der Waals surface area contributed by atoms with E-state index in [1.165, 1.54) is 7.11 Å². The SMILES string of the molecule is CCC[C@H](C)NC(=O)Nc1ccc(C(=O)OC)cc1. The highest BCUT2D eigenvalue weighted by Crippen LogP contribution is 2.10. The molecule has 0 aliphatic carbocycles. The van der Waals surface area contributed by atoms with Crippen molar-refractivity contribution in [2.24, 2.45) is 0 Å². The van der Waals surface area contributed by atoms with Gasteiger partial charge in [-0.2, -0.15) is 0 Å². The van der Waals surface area contributed by atoms with Gasteiger partial charge in [-0.05, 0) is 37.6 Å². The van der Waals surface area contributed by atoms with Crippen LogP contribution in [-0.4, -0.2) is 25.2 Å². The molecule has 19 heavy (non-hydrogen) atoms. The average Bonchev–Trinajstić information content (AvgIpc) is 2.38. The Balaban J connectivity index is 2.53. The molecule has 0 spiro atoms. The Morgan fingerprint density at radius 3 is 2.42 bits per heavy atom. The van der Waals surface area contributed by atoms with Crippen molar-refractivity contribution in [3.63, 3.8) is 0 Å². The summed E-state index contributed by atoms with van der Waals surface area (Å²) in [6.45, 7) is 4.03. The molecule has 0 bridgehead atoms. The molecular weight excluding hydrogens is 244 g/mol. The fraction of sp³-hybridized carbons (Fsp3) is 0.429. The van der Waals surface area contributed by atoms with Crippen LogP contribution in [0.2, 0.25) is 0 Å². The van der Waals surface area contributed by atoms with Crippen LogP contribution >= 0.6 is 0 Å². The molecule has 2 N–H and O–H groups in total. The molecule has 0 radical (unpaired) electrons. The fourth-order valence-corrected chi connectivity index (χ4v) is 1.70. The van der Waals surface area contributed by atoms with Crippen molar-refractivity contribution < 1.29 is 14.3 Å². The zero-order chi connectivity index (χ0) is 14.3. The van der Waals surface area contributed by atoms with Crippen LogP contribution in [0.5, 0.6) is 0 Å². The first-order valence-electron chi connectivity index (χ1n) is 6.32. The molecule has 104 valence electrons. The number of ether oxygens (including phenoxy) is 1. The van der Waals surface area contributed by atoms with Gasteiger partial charge in [0.1, 0.15) is 0 Å². The van der Waals surface area contributed by atoms with Gasteiger partial charge in [-0.3, -0.25) is 0 Å². The summed E-state index contributed by atoms with van der Waals surface area (Å²) in [7, 11) is 1.33. The molecule has 0 saturated carbocycles. The van der Waals surface area contributed by atoms with Crippen molar-refractivity contribution in [2.45, 2.75) is 32.7 Å². The smallest absolute Gasteiger partial charge is 0.337 e. The van der Waals surface area contributed by atoms with E-state index in [2.05, 4.69) is 22.3 Å². The zero-order valence-electron chi connectivity index (χ0n) is 11.5. The summed E-state index contributed by atoms with van der Waals surface area (Å²) in [5, 5.41) is 5.55. The number of hydrogen-bond donors (Lipinski definition) is 2. The Morgan fingerprint density at radius 1 is 1.26 bits per heavy atom. The first-order valence-corrected chi connectivity index (χ1v) is 6.32. The molecule has 1 rings (SSSR count). The zero-order valence-corrected chi connectivity index (χ0v) is 11.5. The summed E-state index contributed by atoms with van der Waals surface area (Å²) >= 11 is 0. The second kappa shape index (κ2) is 7.41. The number of methoxy groups -OCH3 is 1. The van der Waals surface area contributed by atoms with Crippen molar-refractivity contribution in [3.05, 3.63) is 29.8 Å². The molecule has 0 heterocycles. The number of benzene rings is 1. The molecular formula is C14H20N2O3. The Labute approximate surface area is 113 Å². The van der Waals surface area contributed by atoms with E-state index in [4.69, 9.17) is 0 Å². The van der Waals surface area contributed by atoms with E-state index >= 15 is 0 Å². The van der Waals surface area contributed by atoms with E-state index in [9.17, 15) is 9.59 Å². The lowest BCUT2D eigenvalue weighted by molar-refractivity contribution is 0.0601. The van der Waals surface area contributed by atoms with Crippen molar-refractivity contribution in [1.29, 1.82) is 0 Å². The quantitative estimate of drug-likeness (QED) is 0.803. The molecule has 2 amide bonds. The van der Waals surface area contributed by atoms with Crippen LogP contribution in [0.1, 0.15) is 37.0 Å². The van der Waals surface area contributed by atoms with E-state index in [1.54, 1.807) is 24.3 Å². The van der Waals surface area contributed by atoms with Gasteiger partial charge in [0.15, 0.2) is 0 Å². The minimum Gasteiger partial charge on any atom is -0.465 e. The second-order valence-electron chi connectivity index (χ2n) is 4.36. The Kier molecular flexibility index (Phi) is 5.85. The number of nitrogens with one attached hydrogen (secondary N) is 2. The van der Waals surface area contributed by atoms with Gasteiger partial charge >= 0.3 is 12.0 Å². The van der Waals surface area contributed by atoms with Crippen molar-refractivity contribution in [1.82, 2.24) is 5.32 Å². The van der Waals surface area contributed by atoms with E-state index in [-0.39, 0.29) is 12.1 Å². The van der Waals surface area contributed by atoms with Crippen LogP contribution in [0.4, 0.5) is 10.5 Å². The molecule has 5 nitrogen and oxygen atoms in total. The van der Waals surface area contributed by atoms with Crippen LogP contribution in [0.15, 0.2) is 24.3 Å². The van der Waals surface area contributed by atoms with Gasteiger partial charge in [0, 0.05) is 11.7 Å². The number of carbonyl (C=O) groups excluding carboxylic acids is 2. The van der Waals surface area contributed by atoms with Crippen molar-refractivity contribution in [3.8, 4) is 0 Å². The predicted molar refractivity (Wildman–Crippen MR) is 74.3 cm³/mol. The van der Waals surface area contributed by atoms with Crippen LogP contribution < -0.4 is 10.6 Å². The largest absolute Gasteiger partial charge is 0.465 e. The van der Waals surface area contributed by atoms with E-state index in [1.807, 2.05) is 6.92 Å². The lowest BCUT2D eigenvalue weighted by Crippen LogP contribution is -2.35. The number of amides is 2. The maximum absolute atomic E-state index is 11.7. The summed E-state index contributed by atoms with van der Waals surface area (Å²) in [5.74, 6) is -0.396. The Bertz CT molecular complexity index is 429. The molecule has 0 saturated heterocycles. The first-order chi connectivity index (χ1) is 9.06. The minimum absolute atomic E-state index is 0.138. The molecule has 0 fully saturated rings. The van der Waals surface area contributed by atoms with Crippen LogP contribution in [-0.2, 0) is 4.74 Å². The highest BCUT2D eigenvalue weighted by atomic mass is 16.5. The second-order valence-corrected chi connectivity index (χ2v) is 4.36. The molecule has 1 aromatic carbocycles. The number of urea groups is 1. The first kappa shape index (κ1) is 15.0. The number of hydrogen-bond acceptors (Lipinski definition) is 3. The summed E-state index contributed by atoms with van der Waals surface area (Å²) in [4.78, 5) is 22.9. The highest BCUT2D eigenvalue weighted by Gasteiger charge is 2.08. The molecule has 0 aliphatic rings. The molecule has 0 aliphatic heterocycles. The van der Waals surface area contributed by atoms with Gasteiger partial charge in [-0.1, -0.05) is 13.3 Å². The lowest BCUT2D eigenvalue weighted by atomic mass is 10.2. The minimum atomic E-state index is -0.396. The Hall–Kier alpha value is -2.04. The molecule has 1 aromatic rings. The summed E-state index contributed by atoms with van der Waals surface area (Å²) < 4.78 is 4.60. The monoisotopic (exact) mass is 264 g/mol. The van der Waals surface area contributed by atoms with Gasteiger partial charge in [-0.15, -0.1) is 0 Å². The maximum Gasteiger partial charge on any atom is 0.337 e. The van der Waals surface area contributed by atoms with Crippen molar-refractivity contribution in [2.75, 3.05) is 12.4 Å². The molecule has 1 atom stereocenters.